The maximum atomic E-state index is 12.3. The lowest BCUT2D eigenvalue weighted by Crippen LogP contribution is -2.44. The van der Waals surface area contributed by atoms with Gasteiger partial charge in [-0.05, 0) is 36.6 Å². The Morgan fingerprint density at radius 2 is 1.96 bits per heavy atom. The third-order valence-electron chi connectivity index (χ3n) is 4.68. The summed E-state index contributed by atoms with van der Waals surface area (Å²) in [5.74, 6) is 0.560. The van der Waals surface area contributed by atoms with Gasteiger partial charge in [0.05, 0.1) is 6.04 Å². The third kappa shape index (κ3) is 2.19. The molecule has 7 nitrogen and oxygen atoms in total. The van der Waals surface area contributed by atoms with Crippen molar-refractivity contribution in [3.05, 3.63) is 55.7 Å². The highest BCUT2D eigenvalue weighted by Crippen LogP contribution is 2.34. The number of nitrogens with zero attached hydrogens (tertiary/aromatic N) is 4. The first-order valence-corrected chi connectivity index (χ1v) is 7.65. The summed E-state index contributed by atoms with van der Waals surface area (Å²) in [6.45, 7) is 2.50. The van der Waals surface area contributed by atoms with Gasteiger partial charge in [0, 0.05) is 20.6 Å². The molecular weight excluding hydrogens is 308 g/mol. The SMILES string of the molecule is CC1c2ccc(O)cc2CCN1c1c(C#N)c(=O)n(C)c(=O)n1C. The molecule has 2 heterocycles. The van der Waals surface area contributed by atoms with Gasteiger partial charge in [0.2, 0.25) is 0 Å². The monoisotopic (exact) mass is 326 g/mol. The number of hydrogen-bond donors (Lipinski definition) is 1. The lowest BCUT2D eigenvalue weighted by atomic mass is 9.93. The molecule has 0 aliphatic carbocycles. The number of phenols is 1. The first kappa shape index (κ1) is 15.9. The molecule has 0 bridgehead atoms. The molecular formula is C17H18N4O3. The lowest BCUT2D eigenvalue weighted by Gasteiger charge is -2.38. The van der Waals surface area contributed by atoms with Crippen LogP contribution in [0.15, 0.2) is 27.8 Å². The fraction of sp³-hybridized carbons (Fsp3) is 0.353. The van der Waals surface area contributed by atoms with Crippen LogP contribution in [0.1, 0.15) is 29.7 Å². The largest absolute Gasteiger partial charge is 0.508 e. The molecule has 0 saturated heterocycles. The highest BCUT2D eigenvalue weighted by molar-refractivity contribution is 5.57. The van der Waals surface area contributed by atoms with Gasteiger partial charge in [0.1, 0.15) is 17.6 Å². The van der Waals surface area contributed by atoms with Crippen LogP contribution in [0.5, 0.6) is 5.75 Å². The molecule has 124 valence electrons. The Labute approximate surface area is 138 Å². The van der Waals surface area contributed by atoms with E-state index in [2.05, 4.69) is 0 Å². The van der Waals surface area contributed by atoms with Crippen molar-refractivity contribution in [1.82, 2.24) is 9.13 Å². The van der Waals surface area contributed by atoms with E-state index in [4.69, 9.17) is 0 Å². The number of rotatable bonds is 1. The minimum atomic E-state index is -0.584. The van der Waals surface area contributed by atoms with Gasteiger partial charge in [0.25, 0.3) is 5.56 Å². The molecule has 2 aromatic rings. The Balaban J connectivity index is 2.21. The molecule has 0 radical (unpaired) electrons. The van der Waals surface area contributed by atoms with Crippen molar-refractivity contribution in [2.75, 3.05) is 11.4 Å². The van der Waals surface area contributed by atoms with Crippen molar-refractivity contribution in [1.29, 1.82) is 5.26 Å². The molecule has 1 aromatic heterocycles. The van der Waals surface area contributed by atoms with Gasteiger partial charge < -0.3 is 10.0 Å². The zero-order chi connectivity index (χ0) is 17.6. The van der Waals surface area contributed by atoms with Crippen molar-refractivity contribution < 1.29 is 5.11 Å². The molecule has 1 atom stereocenters. The number of nitriles is 1. The Morgan fingerprint density at radius 3 is 2.62 bits per heavy atom. The van der Waals surface area contributed by atoms with Gasteiger partial charge in [-0.3, -0.25) is 13.9 Å². The summed E-state index contributed by atoms with van der Waals surface area (Å²) in [5, 5.41) is 19.1. The summed E-state index contributed by atoms with van der Waals surface area (Å²) >= 11 is 0. The van der Waals surface area contributed by atoms with E-state index in [-0.39, 0.29) is 17.4 Å². The molecule has 0 saturated carbocycles. The van der Waals surface area contributed by atoms with Crippen molar-refractivity contribution in [3.8, 4) is 11.8 Å². The van der Waals surface area contributed by atoms with Crippen LogP contribution in [0.2, 0.25) is 0 Å². The number of fused-ring (bicyclic) bond motifs is 1. The summed E-state index contributed by atoms with van der Waals surface area (Å²) in [5.41, 5.74) is 0.966. The highest BCUT2D eigenvalue weighted by Gasteiger charge is 2.29. The Morgan fingerprint density at radius 1 is 1.25 bits per heavy atom. The van der Waals surface area contributed by atoms with E-state index in [1.807, 2.05) is 24.0 Å². The summed E-state index contributed by atoms with van der Waals surface area (Å²) in [6.07, 6.45) is 0.655. The molecule has 1 N–H and O–H groups in total. The van der Waals surface area contributed by atoms with Crippen LogP contribution in [-0.2, 0) is 20.5 Å². The predicted octanol–water partition coefficient (Wildman–Crippen LogP) is 0.785. The Bertz CT molecular complexity index is 981. The van der Waals surface area contributed by atoms with Gasteiger partial charge in [-0.2, -0.15) is 5.26 Å². The first-order chi connectivity index (χ1) is 11.4. The minimum absolute atomic E-state index is 0.0336. The second kappa shape index (κ2) is 5.57. The Kier molecular flexibility index (Phi) is 3.68. The molecule has 1 aliphatic heterocycles. The predicted molar refractivity (Wildman–Crippen MR) is 89.2 cm³/mol. The maximum Gasteiger partial charge on any atom is 0.332 e. The van der Waals surface area contributed by atoms with Crippen LogP contribution in [-0.4, -0.2) is 20.8 Å². The third-order valence-corrected chi connectivity index (χ3v) is 4.68. The fourth-order valence-corrected chi connectivity index (χ4v) is 3.38. The average Bonchev–Trinajstić information content (AvgIpc) is 2.57. The number of hydrogen-bond acceptors (Lipinski definition) is 5. The van der Waals surface area contributed by atoms with Gasteiger partial charge in [-0.1, -0.05) is 6.07 Å². The van der Waals surface area contributed by atoms with Gasteiger partial charge >= 0.3 is 5.69 Å². The van der Waals surface area contributed by atoms with Crippen LogP contribution in [0.3, 0.4) is 0 Å². The Hall–Kier alpha value is -3.01. The van der Waals surface area contributed by atoms with Crippen LogP contribution in [0.25, 0.3) is 0 Å². The second-order valence-corrected chi connectivity index (χ2v) is 6.02. The van der Waals surface area contributed by atoms with Gasteiger partial charge in [0.15, 0.2) is 5.56 Å². The zero-order valence-electron chi connectivity index (χ0n) is 13.8. The standard InChI is InChI=1S/C17H18N4O3/c1-10-13-5-4-12(22)8-11(13)6-7-21(10)15-14(9-18)16(23)20(3)17(24)19(15)2/h4-5,8,10,22H,6-7H2,1-3H3. The summed E-state index contributed by atoms with van der Waals surface area (Å²) in [6, 6.07) is 7.01. The van der Waals surface area contributed by atoms with Crippen LogP contribution >= 0.6 is 0 Å². The maximum absolute atomic E-state index is 12.3. The van der Waals surface area contributed by atoms with E-state index < -0.39 is 11.2 Å². The van der Waals surface area contributed by atoms with Crippen LogP contribution in [0.4, 0.5) is 5.82 Å². The van der Waals surface area contributed by atoms with E-state index in [9.17, 15) is 20.0 Å². The average molecular weight is 326 g/mol. The topological polar surface area (TPSA) is 91.3 Å². The van der Waals surface area contributed by atoms with E-state index in [1.165, 1.54) is 11.6 Å². The molecule has 0 amide bonds. The molecule has 1 aliphatic rings. The molecule has 3 rings (SSSR count). The smallest absolute Gasteiger partial charge is 0.332 e. The van der Waals surface area contributed by atoms with E-state index in [0.29, 0.717) is 18.8 Å². The van der Waals surface area contributed by atoms with E-state index >= 15 is 0 Å². The quantitative estimate of drug-likeness (QED) is 0.836. The van der Waals surface area contributed by atoms with Crippen molar-refractivity contribution >= 4 is 5.82 Å². The summed E-state index contributed by atoms with van der Waals surface area (Å²) in [7, 11) is 2.93. The number of anilines is 1. The van der Waals surface area contributed by atoms with E-state index in [0.717, 1.165) is 15.7 Å². The zero-order valence-corrected chi connectivity index (χ0v) is 13.8. The highest BCUT2D eigenvalue weighted by atomic mass is 16.3. The van der Waals surface area contributed by atoms with Crippen molar-refractivity contribution in [2.45, 2.75) is 19.4 Å². The molecule has 24 heavy (non-hydrogen) atoms. The normalized spacial score (nSPS) is 16.6. The number of aromatic hydroxyl groups is 1. The molecule has 7 heteroatoms. The number of aromatic nitrogens is 2. The van der Waals surface area contributed by atoms with Crippen LogP contribution < -0.4 is 16.1 Å². The van der Waals surface area contributed by atoms with Crippen molar-refractivity contribution in [3.63, 3.8) is 0 Å². The number of phenolic OH excluding ortho intramolecular Hbond substituents is 1. The van der Waals surface area contributed by atoms with Gasteiger partial charge in [-0.15, -0.1) is 0 Å². The minimum Gasteiger partial charge on any atom is -0.508 e. The van der Waals surface area contributed by atoms with Gasteiger partial charge in [-0.25, -0.2) is 4.79 Å². The molecule has 1 unspecified atom stereocenters. The lowest BCUT2D eigenvalue weighted by molar-refractivity contribution is 0.472. The second-order valence-electron chi connectivity index (χ2n) is 6.02. The van der Waals surface area contributed by atoms with Crippen molar-refractivity contribution in [2.24, 2.45) is 14.1 Å². The number of benzene rings is 1. The summed E-state index contributed by atoms with van der Waals surface area (Å²) < 4.78 is 2.30. The first-order valence-electron chi connectivity index (χ1n) is 7.65. The molecule has 0 spiro atoms. The summed E-state index contributed by atoms with van der Waals surface area (Å²) in [4.78, 5) is 26.5. The molecule has 0 fully saturated rings. The van der Waals surface area contributed by atoms with E-state index in [1.54, 1.807) is 19.2 Å². The molecule has 1 aromatic carbocycles. The fourth-order valence-electron chi connectivity index (χ4n) is 3.38. The van der Waals surface area contributed by atoms with Crippen LogP contribution in [0, 0.1) is 11.3 Å².